The Morgan fingerprint density at radius 2 is 0.968 bits per heavy atom. The van der Waals surface area contributed by atoms with E-state index >= 15 is 0 Å². The summed E-state index contributed by atoms with van der Waals surface area (Å²) in [7, 11) is 0. The third-order valence-electron chi connectivity index (χ3n) is 11.3. The zero-order valence-corrected chi connectivity index (χ0v) is 33.7. The number of aliphatic hydroxyl groups is 14. The second-order valence-electron chi connectivity index (χ2n) is 15.7. The molecule has 362 valence electrons. The van der Waals surface area contributed by atoms with Gasteiger partial charge < -0.3 is 130 Å². The summed E-state index contributed by atoms with van der Waals surface area (Å²) in [5.41, 5.74) is 5.47. The van der Waals surface area contributed by atoms with Gasteiger partial charge in [-0.05, 0) is 19.9 Å². The summed E-state index contributed by atoms with van der Waals surface area (Å²) in [5, 5.41) is 152. The highest BCUT2D eigenvalue weighted by atomic mass is 16.8. The summed E-state index contributed by atoms with van der Waals surface area (Å²) in [6, 6.07) is -1.71. The van der Waals surface area contributed by atoms with E-state index < -0.39 is 186 Å². The first kappa shape index (κ1) is 51.5. The molecule has 0 radical (unpaired) electrons. The average molecular weight is 911 g/mol. The lowest BCUT2D eigenvalue weighted by atomic mass is 9.94. The van der Waals surface area contributed by atoms with Gasteiger partial charge in [0.15, 0.2) is 31.5 Å². The molecule has 27 heteroatoms. The second kappa shape index (κ2) is 22.8. The highest BCUT2D eigenvalue weighted by molar-refractivity contribution is 5.73. The summed E-state index contributed by atoms with van der Waals surface area (Å²) in [6.07, 6.45) is -41.5. The molecule has 25 unspecified atom stereocenters. The molecule has 0 aromatic heterocycles. The molecule has 0 aliphatic carbocycles. The molecule has 0 aromatic rings. The van der Waals surface area contributed by atoms with E-state index in [-0.39, 0.29) is 13.2 Å². The van der Waals surface area contributed by atoms with Crippen LogP contribution < -0.4 is 11.1 Å². The zero-order chi connectivity index (χ0) is 45.7. The highest BCUT2D eigenvalue weighted by Gasteiger charge is 2.57. The molecule has 5 aliphatic rings. The summed E-state index contributed by atoms with van der Waals surface area (Å²) in [4.78, 5) is 12.5. The number of carbonyl (C=O) groups excluding carboxylic acids is 1. The second-order valence-corrected chi connectivity index (χ2v) is 15.7. The minimum Gasteiger partial charge on any atom is -0.394 e. The van der Waals surface area contributed by atoms with Crippen LogP contribution in [0, 0.1) is 0 Å². The van der Waals surface area contributed by atoms with Crippen LogP contribution in [0.25, 0.3) is 0 Å². The molecule has 5 heterocycles. The van der Waals surface area contributed by atoms with Gasteiger partial charge in [-0.2, -0.15) is 0 Å². The maximum Gasteiger partial charge on any atom is 0.217 e. The molecule has 0 spiro atoms. The molecule has 5 aliphatic heterocycles. The van der Waals surface area contributed by atoms with E-state index in [1.165, 1.54) is 6.92 Å². The lowest BCUT2D eigenvalue weighted by Gasteiger charge is -2.50. The number of nitrogens with one attached hydrogen (secondary N) is 1. The number of ether oxygens (including phenoxy) is 10. The first-order valence-electron chi connectivity index (χ1n) is 20.1. The van der Waals surface area contributed by atoms with Gasteiger partial charge in [-0.1, -0.05) is 0 Å². The van der Waals surface area contributed by atoms with Crippen LogP contribution in [0.2, 0.25) is 0 Å². The number of nitrogens with two attached hydrogens (primary N) is 1. The van der Waals surface area contributed by atoms with E-state index in [1.807, 2.05) is 0 Å². The van der Waals surface area contributed by atoms with Crippen molar-refractivity contribution in [1.29, 1.82) is 0 Å². The molecule has 0 bridgehead atoms. The van der Waals surface area contributed by atoms with E-state index in [0.29, 0.717) is 6.42 Å². The fourth-order valence-electron chi connectivity index (χ4n) is 7.76. The van der Waals surface area contributed by atoms with Crippen LogP contribution >= 0.6 is 0 Å². The molecule has 25 atom stereocenters. The minimum absolute atomic E-state index is 0.0365. The Bertz CT molecular complexity index is 1380. The first-order valence-corrected chi connectivity index (χ1v) is 20.1. The Morgan fingerprint density at radius 1 is 0.500 bits per heavy atom. The van der Waals surface area contributed by atoms with E-state index in [0.717, 1.165) is 6.92 Å². The molecule has 62 heavy (non-hydrogen) atoms. The van der Waals surface area contributed by atoms with Gasteiger partial charge in [0.25, 0.3) is 0 Å². The molecular weight excluding hydrogens is 848 g/mol. The Morgan fingerprint density at radius 3 is 1.56 bits per heavy atom. The van der Waals surface area contributed by atoms with Crippen LogP contribution in [0.4, 0.5) is 0 Å². The Hall–Kier alpha value is -1.53. The average Bonchev–Trinajstić information content (AvgIpc) is 3.25. The van der Waals surface area contributed by atoms with E-state index in [9.17, 15) is 76.3 Å². The number of hydrogen-bond acceptors (Lipinski definition) is 26. The number of rotatable bonds is 17. The maximum absolute atomic E-state index is 12.5. The van der Waals surface area contributed by atoms with Gasteiger partial charge in [-0.25, -0.2) is 0 Å². The van der Waals surface area contributed by atoms with Crippen molar-refractivity contribution in [3.05, 3.63) is 0 Å². The van der Waals surface area contributed by atoms with Crippen molar-refractivity contribution in [3.63, 3.8) is 0 Å². The minimum atomic E-state index is -2.06. The summed E-state index contributed by atoms with van der Waals surface area (Å²) >= 11 is 0. The standard InChI is InChI=1S/C35H62N2O25/c1-10-17(43)21(47)24(50)33(54-10)62-30-22(48)18(44)12(6-38)56-35(30)60-27-14(8-40)57-31(16(20(27)46)37-11(2)42)61-29-19(45)13(7-39)55-34(26(29)52)59-28-15(9-41)58-32(25(51)23(28)49)53-5-3-4-36/h10,12-35,38-41,43-52H,3-9,36H2,1-2H3,(H,37,42). The lowest BCUT2D eigenvalue weighted by molar-refractivity contribution is -0.391. The molecule has 5 fully saturated rings. The maximum atomic E-state index is 12.5. The highest BCUT2D eigenvalue weighted by Crippen LogP contribution is 2.36. The predicted molar refractivity (Wildman–Crippen MR) is 194 cm³/mol. The molecule has 1 amide bonds. The quantitative estimate of drug-likeness (QED) is 0.0603. The van der Waals surface area contributed by atoms with Gasteiger partial charge in [-0.3, -0.25) is 4.79 Å². The van der Waals surface area contributed by atoms with Crippen LogP contribution in [0.15, 0.2) is 0 Å². The molecule has 17 N–H and O–H groups in total. The van der Waals surface area contributed by atoms with Crippen LogP contribution in [0.5, 0.6) is 0 Å². The Kier molecular flexibility index (Phi) is 18.9. The summed E-state index contributed by atoms with van der Waals surface area (Å²) in [5.74, 6) is -0.799. The van der Waals surface area contributed by atoms with Gasteiger partial charge in [-0.15, -0.1) is 0 Å². The predicted octanol–water partition coefficient (Wildman–Crippen LogP) is -10.4. The van der Waals surface area contributed by atoms with Gasteiger partial charge >= 0.3 is 0 Å². The monoisotopic (exact) mass is 910 g/mol. The fourth-order valence-corrected chi connectivity index (χ4v) is 7.76. The van der Waals surface area contributed by atoms with Crippen molar-refractivity contribution < 1.29 is 124 Å². The number of amides is 1. The third kappa shape index (κ3) is 11.2. The largest absolute Gasteiger partial charge is 0.394 e. The van der Waals surface area contributed by atoms with E-state index in [4.69, 9.17) is 53.1 Å². The Balaban J connectivity index is 1.36. The Labute approximate surface area is 353 Å². The molecule has 5 rings (SSSR count). The van der Waals surface area contributed by atoms with Crippen molar-refractivity contribution >= 4 is 5.91 Å². The van der Waals surface area contributed by atoms with E-state index in [1.54, 1.807) is 0 Å². The van der Waals surface area contributed by atoms with Crippen molar-refractivity contribution in [2.24, 2.45) is 5.73 Å². The van der Waals surface area contributed by atoms with Crippen LogP contribution in [0.1, 0.15) is 20.3 Å². The summed E-state index contributed by atoms with van der Waals surface area (Å²) in [6.45, 7) is -0.913. The number of carbonyl (C=O) groups is 1. The topological polar surface area (TPSA) is 431 Å². The van der Waals surface area contributed by atoms with Crippen LogP contribution in [-0.4, -0.2) is 270 Å². The lowest BCUT2D eigenvalue weighted by Crippen LogP contribution is -2.70. The van der Waals surface area contributed by atoms with Crippen LogP contribution in [0.3, 0.4) is 0 Å². The zero-order valence-electron chi connectivity index (χ0n) is 33.7. The molecule has 27 nitrogen and oxygen atoms in total. The van der Waals surface area contributed by atoms with Crippen molar-refractivity contribution in [3.8, 4) is 0 Å². The van der Waals surface area contributed by atoms with Crippen molar-refractivity contribution in [2.75, 3.05) is 39.6 Å². The molecular formula is C35H62N2O25. The third-order valence-corrected chi connectivity index (χ3v) is 11.3. The van der Waals surface area contributed by atoms with E-state index in [2.05, 4.69) is 5.32 Å². The van der Waals surface area contributed by atoms with Gasteiger partial charge in [0.05, 0.1) is 39.1 Å². The normalized spacial score (nSPS) is 49.1. The van der Waals surface area contributed by atoms with Crippen molar-refractivity contribution in [2.45, 2.75) is 174 Å². The molecule has 0 saturated carbocycles. The van der Waals surface area contributed by atoms with Crippen molar-refractivity contribution in [1.82, 2.24) is 5.32 Å². The number of hydrogen-bond donors (Lipinski definition) is 16. The van der Waals surface area contributed by atoms with Crippen LogP contribution in [-0.2, 0) is 52.2 Å². The SMILES string of the molecule is CC(=O)NC1C(OC2C(O)C(CO)OC(OC3C(CO)OC(OCCCN)C(O)C3O)C2O)OC(CO)C(OC2OC(CO)C(O)C(O)C2OC2OC(C)C(O)C(O)C2O)C1O. The molecule has 5 saturated heterocycles. The smallest absolute Gasteiger partial charge is 0.217 e. The number of aliphatic hydroxyl groups excluding tert-OH is 14. The summed E-state index contributed by atoms with van der Waals surface area (Å²) < 4.78 is 57.0. The van der Waals surface area contributed by atoms with Gasteiger partial charge in [0.1, 0.15) is 116 Å². The van der Waals surface area contributed by atoms with Gasteiger partial charge in [0, 0.05) is 6.92 Å². The first-order chi connectivity index (χ1) is 29.4. The fraction of sp³-hybridized carbons (Fsp3) is 0.971. The molecule has 0 aromatic carbocycles. The van der Waals surface area contributed by atoms with Gasteiger partial charge in [0.2, 0.25) is 5.91 Å².